The van der Waals surface area contributed by atoms with Gasteiger partial charge in [0.15, 0.2) is 0 Å². The van der Waals surface area contributed by atoms with Crippen molar-refractivity contribution >= 4 is 6.09 Å². The summed E-state index contributed by atoms with van der Waals surface area (Å²) >= 11 is 0. The van der Waals surface area contributed by atoms with E-state index in [1.54, 1.807) is 0 Å². The average molecular weight is 507 g/mol. The normalized spacial score (nSPS) is 12.3. The number of nitrogens with zero attached hydrogens (tertiary/aromatic N) is 2. The number of carbonyl (C=O) groups excluding carboxylic acids is 1. The summed E-state index contributed by atoms with van der Waals surface area (Å²) in [6.45, 7) is 18.3. The molecule has 0 spiro atoms. The van der Waals surface area contributed by atoms with Gasteiger partial charge in [0.1, 0.15) is 11.4 Å². The molecule has 1 heterocycles. The predicted molar refractivity (Wildman–Crippen MR) is 154 cm³/mol. The fraction of sp³-hybridized carbons (Fsp3) is 0.484. The molecule has 0 aliphatic rings. The zero-order valence-corrected chi connectivity index (χ0v) is 24.0. The highest BCUT2D eigenvalue weighted by molar-refractivity contribution is 5.67. The average Bonchev–Trinajstić information content (AvgIpc) is 3.25. The number of aromatic nitrogens is 2. The second-order valence-corrected chi connectivity index (χ2v) is 11.0. The molecule has 1 aromatic heterocycles. The van der Waals surface area contributed by atoms with Crippen molar-refractivity contribution in [2.45, 2.75) is 80.0 Å². The summed E-state index contributed by atoms with van der Waals surface area (Å²) in [5.41, 5.74) is 2.76. The summed E-state index contributed by atoms with van der Waals surface area (Å²) < 4.78 is 7.59. The molecule has 2 aromatic carbocycles. The van der Waals surface area contributed by atoms with Gasteiger partial charge in [-0.1, -0.05) is 95.3 Å². The fourth-order valence-corrected chi connectivity index (χ4v) is 3.94. The van der Waals surface area contributed by atoms with E-state index in [0.29, 0.717) is 6.54 Å². The molecular formula is C31H46N4O2. The van der Waals surface area contributed by atoms with Gasteiger partial charge in [0.25, 0.3) is 0 Å². The molecule has 0 saturated carbocycles. The summed E-state index contributed by atoms with van der Waals surface area (Å²) in [5, 5.41) is 6.55. The Labute approximate surface area is 223 Å². The highest BCUT2D eigenvalue weighted by Gasteiger charge is 2.30. The van der Waals surface area contributed by atoms with Gasteiger partial charge in [0.05, 0.1) is 11.7 Å². The maximum Gasteiger partial charge on any atom is 0.407 e. The van der Waals surface area contributed by atoms with Gasteiger partial charge in [0.2, 0.25) is 0 Å². The summed E-state index contributed by atoms with van der Waals surface area (Å²) in [5.74, 6) is 1.01. The Morgan fingerprint density at radius 2 is 1.51 bits per heavy atom. The first-order chi connectivity index (χ1) is 17.5. The molecule has 202 valence electrons. The minimum absolute atomic E-state index is 0.0326. The number of hydrogen-bond donors (Lipinski definition) is 2. The quantitative estimate of drug-likeness (QED) is 0.301. The number of hydrogen-bond acceptors (Lipinski definition) is 4. The molecule has 1 atom stereocenters. The SMILES string of the molecule is CC.CC(C)(C)OC(=O)NCCCNC(c1nc(-c2ccccc2)cn1Cc1ccccc1)C(C)(C)C. The summed E-state index contributed by atoms with van der Waals surface area (Å²) in [4.78, 5) is 17.0. The first-order valence-corrected chi connectivity index (χ1v) is 13.4. The van der Waals surface area contributed by atoms with Crippen molar-refractivity contribution in [3.8, 4) is 11.3 Å². The van der Waals surface area contributed by atoms with Crippen LogP contribution in [-0.2, 0) is 11.3 Å². The van der Waals surface area contributed by atoms with Crippen LogP contribution in [-0.4, -0.2) is 34.3 Å². The van der Waals surface area contributed by atoms with Crippen molar-refractivity contribution in [1.82, 2.24) is 20.2 Å². The minimum Gasteiger partial charge on any atom is -0.444 e. The third-order valence-electron chi connectivity index (χ3n) is 5.57. The topological polar surface area (TPSA) is 68.2 Å². The van der Waals surface area contributed by atoms with Gasteiger partial charge in [0, 0.05) is 24.8 Å². The number of alkyl carbamates (subject to hydrolysis) is 1. The Hall–Kier alpha value is -3.12. The number of amides is 1. The molecule has 6 nitrogen and oxygen atoms in total. The van der Waals surface area contributed by atoms with Gasteiger partial charge in [-0.15, -0.1) is 0 Å². The Bertz CT molecular complexity index is 1060. The smallest absolute Gasteiger partial charge is 0.407 e. The van der Waals surface area contributed by atoms with E-state index < -0.39 is 5.60 Å². The van der Waals surface area contributed by atoms with Crippen molar-refractivity contribution < 1.29 is 9.53 Å². The molecule has 3 aromatic rings. The van der Waals surface area contributed by atoms with Crippen LogP contribution in [0.25, 0.3) is 11.3 Å². The van der Waals surface area contributed by atoms with Gasteiger partial charge >= 0.3 is 6.09 Å². The molecule has 0 saturated heterocycles. The Morgan fingerprint density at radius 1 is 0.919 bits per heavy atom. The molecule has 1 unspecified atom stereocenters. The zero-order valence-electron chi connectivity index (χ0n) is 24.0. The van der Waals surface area contributed by atoms with E-state index in [2.05, 4.69) is 78.6 Å². The van der Waals surface area contributed by atoms with E-state index in [-0.39, 0.29) is 17.6 Å². The second-order valence-electron chi connectivity index (χ2n) is 11.0. The second kappa shape index (κ2) is 14.0. The number of ether oxygens (including phenoxy) is 1. The van der Waals surface area contributed by atoms with E-state index >= 15 is 0 Å². The van der Waals surface area contributed by atoms with Crippen LogP contribution < -0.4 is 10.6 Å². The summed E-state index contributed by atoms with van der Waals surface area (Å²) in [6, 6.07) is 20.8. The third kappa shape index (κ3) is 10.0. The molecule has 1 amide bonds. The molecule has 6 heteroatoms. The van der Waals surface area contributed by atoms with Crippen molar-refractivity contribution in [3.05, 3.63) is 78.2 Å². The first kappa shape index (κ1) is 30.1. The summed E-state index contributed by atoms with van der Waals surface area (Å²) in [6.07, 6.45) is 2.56. The van der Waals surface area contributed by atoms with Crippen molar-refractivity contribution in [2.75, 3.05) is 13.1 Å². The standard InChI is InChI=1S/C29H40N4O2.C2H6/c1-28(2,3)25(30-18-13-19-31-27(34)35-29(4,5)6)26-32-24(23-16-11-8-12-17-23)21-33(26)20-22-14-9-7-10-15-22;1-2/h7-12,14-17,21,25,30H,13,18-20H2,1-6H3,(H,31,34);1-2H3. The molecule has 0 aliphatic carbocycles. The fourth-order valence-electron chi connectivity index (χ4n) is 3.94. The molecule has 37 heavy (non-hydrogen) atoms. The van der Waals surface area contributed by atoms with Gasteiger partial charge in [-0.2, -0.15) is 0 Å². The van der Waals surface area contributed by atoms with Crippen LogP contribution in [0.3, 0.4) is 0 Å². The van der Waals surface area contributed by atoms with Crippen molar-refractivity contribution in [3.63, 3.8) is 0 Å². The first-order valence-electron chi connectivity index (χ1n) is 13.4. The Kier molecular flexibility index (Phi) is 11.4. The molecule has 0 aliphatic heterocycles. The number of rotatable bonds is 9. The van der Waals surface area contributed by atoms with Crippen LogP contribution in [0.5, 0.6) is 0 Å². The largest absolute Gasteiger partial charge is 0.444 e. The van der Waals surface area contributed by atoms with Crippen LogP contribution in [0.1, 0.15) is 79.2 Å². The van der Waals surface area contributed by atoms with E-state index in [1.807, 2.05) is 58.9 Å². The maximum absolute atomic E-state index is 11.9. The minimum atomic E-state index is -0.494. The van der Waals surface area contributed by atoms with Gasteiger partial charge in [-0.3, -0.25) is 0 Å². The van der Waals surface area contributed by atoms with Crippen molar-refractivity contribution in [2.24, 2.45) is 5.41 Å². The van der Waals surface area contributed by atoms with E-state index in [4.69, 9.17) is 9.72 Å². The summed E-state index contributed by atoms with van der Waals surface area (Å²) in [7, 11) is 0. The lowest BCUT2D eigenvalue weighted by Gasteiger charge is -2.32. The zero-order chi connectivity index (χ0) is 27.5. The highest BCUT2D eigenvalue weighted by Crippen LogP contribution is 2.34. The molecule has 0 bridgehead atoms. The van der Waals surface area contributed by atoms with Gasteiger partial charge in [-0.25, -0.2) is 9.78 Å². The number of benzene rings is 2. The number of imidazole rings is 1. The van der Waals surface area contributed by atoms with E-state index in [9.17, 15) is 4.79 Å². The maximum atomic E-state index is 11.9. The monoisotopic (exact) mass is 506 g/mol. The van der Waals surface area contributed by atoms with Crippen LogP contribution in [0.4, 0.5) is 4.79 Å². The van der Waals surface area contributed by atoms with Gasteiger partial charge in [-0.05, 0) is 44.7 Å². The molecular weight excluding hydrogens is 460 g/mol. The molecule has 0 radical (unpaired) electrons. The van der Waals surface area contributed by atoms with E-state index in [1.165, 1.54) is 5.56 Å². The molecule has 0 fully saturated rings. The Morgan fingerprint density at radius 3 is 2.08 bits per heavy atom. The van der Waals surface area contributed by atoms with Gasteiger partial charge < -0.3 is 19.9 Å². The van der Waals surface area contributed by atoms with Crippen LogP contribution in [0.2, 0.25) is 0 Å². The lowest BCUT2D eigenvalue weighted by molar-refractivity contribution is 0.0527. The third-order valence-corrected chi connectivity index (χ3v) is 5.57. The van der Waals surface area contributed by atoms with E-state index in [0.717, 1.165) is 36.6 Å². The molecule has 3 rings (SSSR count). The number of carbonyl (C=O) groups is 1. The lowest BCUT2D eigenvalue weighted by atomic mass is 9.86. The van der Waals surface area contributed by atoms with Crippen LogP contribution >= 0.6 is 0 Å². The lowest BCUT2D eigenvalue weighted by Crippen LogP contribution is -2.37. The van der Waals surface area contributed by atoms with Crippen LogP contribution in [0, 0.1) is 5.41 Å². The number of nitrogens with one attached hydrogen (secondary N) is 2. The Balaban J connectivity index is 0.00000235. The highest BCUT2D eigenvalue weighted by atomic mass is 16.6. The molecule has 2 N–H and O–H groups in total. The van der Waals surface area contributed by atoms with Crippen LogP contribution in [0.15, 0.2) is 66.9 Å². The van der Waals surface area contributed by atoms with Crippen molar-refractivity contribution in [1.29, 1.82) is 0 Å². The predicted octanol–water partition coefficient (Wildman–Crippen LogP) is 7.22.